The molecule has 208 valence electrons. The Hall–Kier alpha value is -3.29. The number of amides is 2. The van der Waals surface area contributed by atoms with E-state index in [1.807, 2.05) is 24.3 Å². The van der Waals surface area contributed by atoms with Crippen LogP contribution in [0.3, 0.4) is 0 Å². The lowest BCUT2D eigenvalue weighted by molar-refractivity contribution is -0.126. The summed E-state index contributed by atoms with van der Waals surface area (Å²) in [5.41, 5.74) is 6.81. The Labute approximate surface area is 231 Å². The van der Waals surface area contributed by atoms with E-state index in [1.165, 1.54) is 5.56 Å². The molecule has 7 nitrogen and oxygen atoms in total. The van der Waals surface area contributed by atoms with E-state index in [-0.39, 0.29) is 17.6 Å². The molecule has 7 heteroatoms. The van der Waals surface area contributed by atoms with Crippen molar-refractivity contribution >= 4 is 17.6 Å². The van der Waals surface area contributed by atoms with Gasteiger partial charge in [-0.1, -0.05) is 43.8 Å². The van der Waals surface area contributed by atoms with Crippen molar-refractivity contribution in [1.82, 2.24) is 10.2 Å². The number of aryl methyl sites for hydroxylation is 2. The summed E-state index contributed by atoms with van der Waals surface area (Å²) >= 11 is 0. The molecule has 1 N–H and O–H groups in total. The summed E-state index contributed by atoms with van der Waals surface area (Å²) in [6.45, 7) is 10.4. The van der Waals surface area contributed by atoms with Crippen LogP contribution in [-0.4, -0.2) is 55.0 Å². The smallest absolute Gasteiger partial charge is 0.255 e. The van der Waals surface area contributed by atoms with Gasteiger partial charge in [-0.15, -0.1) is 0 Å². The minimum atomic E-state index is -0.439. The van der Waals surface area contributed by atoms with Crippen LogP contribution in [-0.2, 0) is 40.1 Å². The number of fused-ring (bicyclic) bond motifs is 1. The number of ketones is 1. The Kier molecular flexibility index (Phi) is 10.1. The first-order chi connectivity index (χ1) is 18.9. The maximum Gasteiger partial charge on any atom is 0.255 e. The van der Waals surface area contributed by atoms with Gasteiger partial charge in [-0.3, -0.25) is 14.4 Å². The Morgan fingerprint density at radius 1 is 1.00 bits per heavy atom. The zero-order chi connectivity index (χ0) is 27.8. The third-order valence-corrected chi connectivity index (χ3v) is 7.64. The second-order valence-corrected chi connectivity index (χ2v) is 10.3. The van der Waals surface area contributed by atoms with E-state index in [2.05, 4.69) is 31.0 Å². The molecule has 2 heterocycles. The number of hydrogen-bond donors (Lipinski definition) is 1. The Bertz CT molecular complexity index is 1220. The number of nitrogens with zero attached hydrogens (tertiary/aromatic N) is 1. The SMILES string of the molecule is C=C1CCC(N2Cc3c(CCCOCCOCCCc4cccc(C(C)=O)c4CC)cccc3C2=O)C(=O)N1. The lowest BCUT2D eigenvalue weighted by atomic mass is 9.94. The molecule has 4 rings (SSSR count). The van der Waals surface area contributed by atoms with Crippen LogP contribution in [0.4, 0.5) is 0 Å². The number of nitrogens with one attached hydrogen (secondary N) is 1. The number of carbonyl (C=O) groups is 3. The molecule has 2 amide bonds. The number of ether oxygens (including phenoxy) is 2. The number of allylic oxidation sites excluding steroid dienone is 1. The fourth-order valence-electron chi connectivity index (χ4n) is 5.63. The predicted octanol–water partition coefficient (Wildman–Crippen LogP) is 4.80. The number of rotatable bonds is 14. The van der Waals surface area contributed by atoms with E-state index in [4.69, 9.17) is 9.47 Å². The second kappa shape index (κ2) is 13.7. The van der Waals surface area contributed by atoms with Crippen LogP contribution in [0.25, 0.3) is 0 Å². The summed E-state index contributed by atoms with van der Waals surface area (Å²) in [6, 6.07) is 11.4. The summed E-state index contributed by atoms with van der Waals surface area (Å²) in [6.07, 6.45) is 5.63. The average Bonchev–Trinajstić information content (AvgIpc) is 3.26. The molecule has 0 aliphatic carbocycles. The number of carbonyl (C=O) groups excluding carboxylic acids is 3. The molecular formula is C32H40N2O5. The lowest BCUT2D eigenvalue weighted by Crippen LogP contribution is -2.49. The maximum absolute atomic E-state index is 13.0. The van der Waals surface area contributed by atoms with Gasteiger partial charge in [0.15, 0.2) is 5.78 Å². The van der Waals surface area contributed by atoms with Gasteiger partial charge in [-0.25, -0.2) is 0 Å². The van der Waals surface area contributed by atoms with Gasteiger partial charge in [-0.05, 0) is 80.2 Å². The van der Waals surface area contributed by atoms with Gasteiger partial charge < -0.3 is 19.7 Å². The summed E-state index contributed by atoms with van der Waals surface area (Å²) in [7, 11) is 0. The Morgan fingerprint density at radius 2 is 1.67 bits per heavy atom. The van der Waals surface area contributed by atoms with Crippen molar-refractivity contribution < 1.29 is 23.9 Å². The standard InChI is InChI=1S/C32H40N2O5/c1-4-26-24(9-5-13-27(26)23(3)35)11-7-17-38-19-20-39-18-8-12-25-10-6-14-28-29(25)21-34(32(28)37)30-16-15-22(2)33-31(30)36/h5-6,9-10,13-14,30H,2,4,7-8,11-12,15-21H2,1,3H3,(H,33,36). The first-order valence-corrected chi connectivity index (χ1v) is 14.1. The van der Waals surface area contributed by atoms with E-state index in [0.29, 0.717) is 57.1 Å². The maximum atomic E-state index is 13.0. The first-order valence-electron chi connectivity index (χ1n) is 14.1. The van der Waals surface area contributed by atoms with Crippen LogP contribution >= 0.6 is 0 Å². The van der Waals surface area contributed by atoms with Crippen LogP contribution in [0.15, 0.2) is 48.7 Å². The van der Waals surface area contributed by atoms with Crippen molar-refractivity contribution in [3.05, 3.63) is 82.1 Å². The molecule has 1 atom stereocenters. The van der Waals surface area contributed by atoms with Gasteiger partial charge in [0.25, 0.3) is 5.91 Å². The summed E-state index contributed by atoms with van der Waals surface area (Å²) in [4.78, 5) is 39.0. The van der Waals surface area contributed by atoms with Gasteiger partial charge in [0, 0.05) is 36.6 Å². The van der Waals surface area contributed by atoms with Crippen LogP contribution < -0.4 is 5.32 Å². The van der Waals surface area contributed by atoms with Gasteiger partial charge >= 0.3 is 0 Å². The molecule has 0 aromatic heterocycles. The summed E-state index contributed by atoms with van der Waals surface area (Å²) in [5, 5.41) is 2.79. The molecular weight excluding hydrogens is 492 g/mol. The van der Waals surface area contributed by atoms with E-state index in [0.717, 1.165) is 54.4 Å². The molecule has 0 bridgehead atoms. The molecule has 1 fully saturated rings. The highest BCUT2D eigenvalue weighted by Gasteiger charge is 2.38. The molecule has 0 radical (unpaired) electrons. The van der Waals surface area contributed by atoms with E-state index in [1.54, 1.807) is 11.8 Å². The molecule has 2 aliphatic rings. The lowest BCUT2D eigenvalue weighted by Gasteiger charge is -2.31. The van der Waals surface area contributed by atoms with Crippen molar-refractivity contribution in [1.29, 1.82) is 0 Å². The fourth-order valence-corrected chi connectivity index (χ4v) is 5.63. The summed E-state index contributed by atoms with van der Waals surface area (Å²) < 4.78 is 11.5. The molecule has 0 saturated carbocycles. The highest BCUT2D eigenvalue weighted by molar-refractivity contribution is 6.01. The highest BCUT2D eigenvalue weighted by Crippen LogP contribution is 2.31. The molecule has 1 saturated heterocycles. The first kappa shape index (κ1) is 28.7. The van der Waals surface area contributed by atoms with Crippen LogP contribution in [0, 0.1) is 0 Å². The largest absolute Gasteiger partial charge is 0.379 e. The average molecular weight is 533 g/mol. The monoisotopic (exact) mass is 532 g/mol. The predicted molar refractivity (Wildman–Crippen MR) is 151 cm³/mol. The Morgan fingerprint density at radius 3 is 2.33 bits per heavy atom. The molecule has 1 unspecified atom stereocenters. The molecule has 2 aromatic carbocycles. The van der Waals surface area contributed by atoms with Gasteiger partial charge in [-0.2, -0.15) is 0 Å². The second-order valence-electron chi connectivity index (χ2n) is 10.3. The third-order valence-electron chi connectivity index (χ3n) is 7.64. The van der Waals surface area contributed by atoms with Crippen LogP contribution in [0.1, 0.15) is 82.5 Å². The molecule has 0 spiro atoms. The van der Waals surface area contributed by atoms with Crippen LogP contribution in [0.5, 0.6) is 0 Å². The van der Waals surface area contributed by atoms with Crippen molar-refractivity contribution in [2.45, 2.75) is 71.4 Å². The van der Waals surface area contributed by atoms with Crippen molar-refractivity contribution in [3.8, 4) is 0 Å². The van der Waals surface area contributed by atoms with Crippen molar-refractivity contribution in [2.24, 2.45) is 0 Å². The van der Waals surface area contributed by atoms with E-state index >= 15 is 0 Å². The molecule has 39 heavy (non-hydrogen) atoms. The van der Waals surface area contributed by atoms with Crippen LogP contribution in [0.2, 0.25) is 0 Å². The topological polar surface area (TPSA) is 84.9 Å². The number of benzene rings is 2. The molecule has 2 aliphatic heterocycles. The zero-order valence-corrected chi connectivity index (χ0v) is 23.2. The molecule has 2 aromatic rings. The van der Waals surface area contributed by atoms with Crippen molar-refractivity contribution in [2.75, 3.05) is 26.4 Å². The van der Waals surface area contributed by atoms with E-state index < -0.39 is 6.04 Å². The minimum Gasteiger partial charge on any atom is -0.379 e. The van der Waals surface area contributed by atoms with Gasteiger partial charge in [0.2, 0.25) is 5.91 Å². The minimum absolute atomic E-state index is 0.0645. The zero-order valence-electron chi connectivity index (χ0n) is 23.2. The van der Waals surface area contributed by atoms with Gasteiger partial charge in [0.05, 0.1) is 13.2 Å². The number of Topliss-reactive ketones (excluding diaryl/α,β-unsaturated/α-hetero) is 1. The van der Waals surface area contributed by atoms with Crippen molar-refractivity contribution in [3.63, 3.8) is 0 Å². The number of piperidine rings is 1. The normalized spacial score (nSPS) is 16.9. The number of hydrogen-bond acceptors (Lipinski definition) is 5. The Balaban J connectivity index is 1.13. The van der Waals surface area contributed by atoms with E-state index in [9.17, 15) is 14.4 Å². The third kappa shape index (κ3) is 7.02. The quantitative estimate of drug-likeness (QED) is 0.279. The van der Waals surface area contributed by atoms with Gasteiger partial charge in [0.1, 0.15) is 6.04 Å². The summed E-state index contributed by atoms with van der Waals surface area (Å²) in [5.74, 6) is -0.0857. The highest BCUT2D eigenvalue weighted by atomic mass is 16.5. The fraction of sp³-hybridized carbons (Fsp3) is 0.469.